The highest BCUT2D eigenvalue weighted by Gasteiger charge is 2.36. The van der Waals surface area contributed by atoms with Crippen LogP contribution >= 0.6 is 0 Å². The Hall–Kier alpha value is -0.570. The van der Waals surface area contributed by atoms with Gasteiger partial charge in [-0.3, -0.25) is 4.79 Å². The van der Waals surface area contributed by atoms with Gasteiger partial charge in [-0.15, -0.1) is 0 Å². The van der Waals surface area contributed by atoms with Crippen LogP contribution in [-0.4, -0.2) is 18.0 Å². The molecule has 0 aromatic carbocycles. The fraction of sp³-hybridized carbons (Fsp3) is 0.933. The van der Waals surface area contributed by atoms with Crippen LogP contribution in [0, 0.1) is 11.8 Å². The predicted octanol–water partition coefficient (Wildman–Crippen LogP) is 2.59. The minimum absolute atomic E-state index is 0.105. The van der Waals surface area contributed by atoms with E-state index < -0.39 is 0 Å². The molecule has 2 atom stereocenters. The van der Waals surface area contributed by atoms with E-state index in [4.69, 9.17) is 5.73 Å². The van der Waals surface area contributed by atoms with Gasteiger partial charge >= 0.3 is 0 Å². The Labute approximate surface area is 111 Å². The second-order valence-electron chi connectivity index (χ2n) is 6.51. The molecule has 0 aromatic heterocycles. The van der Waals surface area contributed by atoms with E-state index in [0.29, 0.717) is 12.5 Å². The first kappa shape index (κ1) is 13.9. The molecule has 0 saturated heterocycles. The normalized spacial score (nSPS) is 34.2. The number of amides is 1. The molecule has 104 valence electrons. The third-order valence-corrected chi connectivity index (χ3v) is 4.85. The van der Waals surface area contributed by atoms with Gasteiger partial charge in [0.2, 0.25) is 5.91 Å². The van der Waals surface area contributed by atoms with Gasteiger partial charge in [-0.1, -0.05) is 39.0 Å². The van der Waals surface area contributed by atoms with E-state index in [1.807, 2.05) is 0 Å². The average Bonchev–Trinajstić information content (AvgIpc) is 2.39. The molecule has 0 spiro atoms. The van der Waals surface area contributed by atoms with Crippen molar-refractivity contribution >= 4 is 5.91 Å². The van der Waals surface area contributed by atoms with Gasteiger partial charge in [0, 0.05) is 12.5 Å². The standard InChI is InChI=1S/C15H28N2O/c1-12-6-5-9-15(10-12,11-16)17-14(18)13-7-3-2-4-8-13/h12-13H,2-11,16H2,1H3,(H,17,18). The molecule has 2 unspecified atom stereocenters. The van der Waals surface area contributed by atoms with Crippen molar-refractivity contribution < 1.29 is 4.79 Å². The zero-order chi connectivity index (χ0) is 13.0. The molecule has 1 amide bonds. The highest BCUT2D eigenvalue weighted by Crippen LogP contribution is 2.33. The molecule has 2 aliphatic carbocycles. The quantitative estimate of drug-likeness (QED) is 0.811. The Morgan fingerprint density at radius 2 is 1.94 bits per heavy atom. The van der Waals surface area contributed by atoms with Crippen molar-refractivity contribution in [3.05, 3.63) is 0 Å². The number of nitrogens with one attached hydrogen (secondary N) is 1. The lowest BCUT2D eigenvalue weighted by atomic mass is 9.75. The summed E-state index contributed by atoms with van der Waals surface area (Å²) in [5.74, 6) is 1.21. The summed E-state index contributed by atoms with van der Waals surface area (Å²) in [6.07, 6.45) is 10.5. The van der Waals surface area contributed by atoms with Crippen molar-refractivity contribution in [2.24, 2.45) is 17.6 Å². The van der Waals surface area contributed by atoms with Gasteiger partial charge in [0.25, 0.3) is 0 Å². The van der Waals surface area contributed by atoms with Crippen LogP contribution in [0.4, 0.5) is 0 Å². The average molecular weight is 252 g/mol. The Balaban J connectivity index is 1.94. The van der Waals surface area contributed by atoms with Crippen LogP contribution in [0.2, 0.25) is 0 Å². The molecular weight excluding hydrogens is 224 g/mol. The number of rotatable bonds is 3. The van der Waals surface area contributed by atoms with E-state index in [9.17, 15) is 4.79 Å². The molecule has 3 heteroatoms. The van der Waals surface area contributed by atoms with E-state index in [-0.39, 0.29) is 17.4 Å². The van der Waals surface area contributed by atoms with Crippen LogP contribution < -0.4 is 11.1 Å². The first-order chi connectivity index (χ1) is 8.65. The summed E-state index contributed by atoms with van der Waals surface area (Å²) in [5.41, 5.74) is 5.86. The Morgan fingerprint density at radius 3 is 2.56 bits per heavy atom. The van der Waals surface area contributed by atoms with Crippen LogP contribution in [0.1, 0.15) is 64.7 Å². The first-order valence-corrected chi connectivity index (χ1v) is 7.67. The van der Waals surface area contributed by atoms with E-state index in [2.05, 4.69) is 12.2 Å². The molecule has 3 N–H and O–H groups in total. The highest BCUT2D eigenvalue weighted by molar-refractivity contribution is 5.79. The predicted molar refractivity (Wildman–Crippen MR) is 74.1 cm³/mol. The maximum atomic E-state index is 12.4. The van der Waals surface area contributed by atoms with E-state index >= 15 is 0 Å². The summed E-state index contributed by atoms with van der Waals surface area (Å²) in [5, 5.41) is 3.32. The number of carbonyl (C=O) groups excluding carboxylic acids is 1. The fourth-order valence-electron chi connectivity index (χ4n) is 3.74. The summed E-state index contributed by atoms with van der Waals surface area (Å²) in [6.45, 7) is 2.87. The summed E-state index contributed by atoms with van der Waals surface area (Å²) in [4.78, 5) is 12.4. The molecule has 3 nitrogen and oxygen atoms in total. The van der Waals surface area contributed by atoms with Gasteiger partial charge < -0.3 is 11.1 Å². The van der Waals surface area contributed by atoms with E-state index in [1.54, 1.807) is 0 Å². The Morgan fingerprint density at radius 1 is 1.22 bits per heavy atom. The molecule has 18 heavy (non-hydrogen) atoms. The van der Waals surface area contributed by atoms with Crippen LogP contribution in [0.15, 0.2) is 0 Å². The lowest BCUT2D eigenvalue weighted by molar-refractivity contribution is -0.128. The maximum absolute atomic E-state index is 12.4. The molecule has 0 radical (unpaired) electrons. The number of carbonyl (C=O) groups is 1. The van der Waals surface area contributed by atoms with Crippen molar-refractivity contribution in [2.45, 2.75) is 70.3 Å². The van der Waals surface area contributed by atoms with Crippen molar-refractivity contribution in [1.29, 1.82) is 0 Å². The van der Waals surface area contributed by atoms with Gasteiger partial charge in [0.15, 0.2) is 0 Å². The molecule has 2 aliphatic rings. The van der Waals surface area contributed by atoms with Crippen molar-refractivity contribution in [3.63, 3.8) is 0 Å². The highest BCUT2D eigenvalue weighted by atomic mass is 16.2. The van der Waals surface area contributed by atoms with Crippen LogP contribution in [0.5, 0.6) is 0 Å². The number of hydrogen-bond acceptors (Lipinski definition) is 2. The van der Waals surface area contributed by atoms with E-state index in [1.165, 1.54) is 32.1 Å². The molecule has 2 rings (SSSR count). The summed E-state index contributed by atoms with van der Waals surface area (Å²) < 4.78 is 0. The topological polar surface area (TPSA) is 55.1 Å². The zero-order valence-electron chi connectivity index (χ0n) is 11.7. The number of nitrogens with two attached hydrogens (primary N) is 1. The van der Waals surface area contributed by atoms with Gasteiger partial charge in [-0.05, 0) is 31.6 Å². The molecule has 2 fully saturated rings. The summed E-state index contributed by atoms with van der Waals surface area (Å²) >= 11 is 0. The molecule has 0 aromatic rings. The SMILES string of the molecule is CC1CCCC(CN)(NC(=O)C2CCCCC2)C1. The lowest BCUT2D eigenvalue weighted by Gasteiger charge is -2.41. The van der Waals surface area contributed by atoms with Gasteiger partial charge in [0.05, 0.1) is 5.54 Å². The van der Waals surface area contributed by atoms with Crippen molar-refractivity contribution in [2.75, 3.05) is 6.54 Å². The van der Waals surface area contributed by atoms with Crippen LogP contribution in [0.3, 0.4) is 0 Å². The Bertz CT molecular complexity index is 286. The van der Waals surface area contributed by atoms with Crippen molar-refractivity contribution in [1.82, 2.24) is 5.32 Å². The molecule has 0 bridgehead atoms. The summed E-state index contributed by atoms with van der Waals surface area (Å²) in [7, 11) is 0. The van der Waals surface area contributed by atoms with Gasteiger partial charge in [-0.2, -0.15) is 0 Å². The minimum Gasteiger partial charge on any atom is -0.349 e. The lowest BCUT2D eigenvalue weighted by Crippen LogP contribution is -2.57. The minimum atomic E-state index is -0.105. The molecule has 0 aliphatic heterocycles. The van der Waals surface area contributed by atoms with Crippen molar-refractivity contribution in [3.8, 4) is 0 Å². The Kier molecular flexibility index (Phi) is 4.66. The smallest absolute Gasteiger partial charge is 0.223 e. The largest absolute Gasteiger partial charge is 0.349 e. The van der Waals surface area contributed by atoms with Gasteiger partial charge in [0.1, 0.15) is 0 Å². The van der Waals surface area contributed by atoms with Crippen LogP contribution in [0.25, 0.3) is 0 Å². The fourth-order valence-corrected chi connectivity index (χ4v) is 3.74. The second-order valence-corrected chi connectivity index (χ2v) is 6.51. The summed E-state index contributed by atoms with van der Waals surface area (Å²) in [6, 6.07) is 0. The third-order valence-electron chi connectivity index (χ3n) is 4.85. The molecule has 2 saturated carbocycles. The van der Waals surface area contributed by atoms with E-state index in [0.717, 1.165) is 25.7 Å². The first-order valence-electron chi connectivity index (χ1n) is 7.67. The zero-order valence-corrected chi connectivity index (χ0v) is 11.7. The monoisotopic (exact) mass is 252 g/mol. The van der Waals surface area contributed by atoms with Gasteiger partial charge in [-0.25, -0.2) is 0 Å². The molecular formula is C15H28N2O. The van der Waals surface area contributed by atoms with Crippen LogP contribution in [-0.2, 0) is 4.79 Å². The third kappa shape index (κ3) is 3.25. The number of hydrogen-bond donors (Lipinski definition) is 2. The maximum Gasteiger partial charge on any atom is 0.223 e. The second kappa shape index (κ2) is 6.05. The molecule has 0 heterocycles.